The van der Waals surface area contributed by atoms with Gasteiger partial charge in [-0.15, -0.1) is 0 Å². The van der Waals surface area contributed by atoms with Crippen molar-refractivity contribution in [3.05, 3.63) is 60.2 Å². The number of carboxylic acid groups (broad SMARTS) is 1. The van der Waals surface area contributed by atoms with Crippen LogP contribution in [-0.2, 0) is 14.6 Å². The van der Waals surface area contributed by atoms with E-state index in [1.54, 1.807) is 12.1 Å². The van der Waals surface area contributed by atoms with Crippen LogP contribution in [0.4, 0.5) is 0 Å². The van der Waals surface area contributed by atoms with Crippen LogP contribution in [0.2, 0.25) is 0 Å². The van der Waals surface area contributed by atoms with Crippen molar-refractivity contribution in [2.24, 2.45) is 0 Å². The molecule has 0 saturated carbocycles. The van der Waals surface area contributed by atoms with Gasteiger partial charge in [-0.3, -0.25) is 4.79 Å². The number of carbonyl (C=O) groups is 1. The number of aliphatic carboxylic acids is 1. The molecule has 110 valence electrons. The van der Waals surface area contributed by atoms with Gasteiger partial charge in [-0.1, -0.05) is 54.6 Å². The molecular weight excluding hydrogens is 288 g/mol. The third-order valence-corrected chi connectivity index (χ3v) is 5.35. The molecule has 1 unspecified atom stereocenters. The van der Waals surface area contributed by atoms with Gasteiger partial charge in [0, 0.05) is 0 Å². The van der Waals surface area contributed by atoms with Crippen molar-refractivity contribution in [3.8, 4) is 11.1 Å². The van der Waals surface area contributed by atoms with Crippen molar-refractivity contribution in [2.45, 2.75) is 12.2 Å². The number of carboxylic acids is 1. The lowest BCUT2D eigenvalue weighted by molar-refractivity contribution is -0.134. The lowest BCUT2D eigenvalue weighted by Crippen LogP contribution is -2.20. The second-order valence-electron chi connectivity index (χ2n) is 4.83. The summed E-state index contributed by atoms with van der Waals surface area (Å²) in [5.74, 6) is -2.18. The fraction of sp³-hybridized carbons (Fsp3) is 0.188. The van der Waals surface area contributed by atoms with E-state index in [9.17, 15) is 13.2 Å². The minimum atomic E-state index is -3.69. The maximum absolute atomic E-state index is 11.9. The van der Waals surface area contributed by atoms with E-state index in [0.717, 1.165) is 11.1 Å². The highest BCUT2D eigenvalue weighted by atomic mass is 32.2. The third-order valence-electron chi connectivity index (χ3n) is 3.35. The Morgan fingerprint density at radius 3 is 2.05 bits per heavy atom. The summed E-state index contributed by atoms with van der Waals surface area (Å²) < 4.78 is 23.8. The molecular formula is C16H16O4S. The number of sulfone groups is 1. The third kappa shape index (κ3) is 3.70. The van der Waals surface area contributed by atoms with Crippen molar-refractivity contribution in [1.82, 2.24) is 0 Å². The Labute approximate surface area is 124 Å². The van der Waals surface area contributed by atoms with Gasteiger partial charge >= 0.3 is 5.97 Å². The van der Waals surface area contributed by atoms with Crippen LogP contribution in [0.25, 0.3) is 11.1 Å². The molecule has 5 heteroatoms. The van der Waals surface area contributed by atoms with Gasteiger partial charge in [0.15, 0.2) is 9.84 Å². The standard InChI is InChI=1S/C16H16O4S/c1-12(21(19,20)11-16(17)18)13-7-9-15(10-8-13)14-5-3-2-4-6-14/h2-10,12H,11H2,1H3,(H,17,18). The summed E-state index contributed by atoms with van der Waals surface area (Å²) in [6.07, 6.45) is 0. The highest BCUT2D eigenvalue weighted by molar-refractivity contribution is 7.92. The van der Waals surface area contributed by atoms with Gasteiger partial charge < -0.3 is 5.11 Å². The molecule has 0 bridgehead atoms. The van der Waals surface area contributed by atoms with Gasteiger partial charge in [-0.25, -0.2) is 8.42 Å². The first-order valence-electron chi connectivity index (χ1n) is 6.49. The Hall–Kier alpha value is -2.14. The largest absolute Gasteiger partial charge is 0.480 e. The molecule has 0 aromatic heterocycles. The molecule has 0 radical (unpaired) electrons. The van der Waals surface area contributed by atoms with E-state index in [1.807, 2.05) is 42.5 Å². The molecule has 0 heterocycles. The van der Waals surface area contributed by atoms with Crippen molar-refractivity contribution < 1.29 is 18.3 Å². The minimum absolute atomic E-state index is 0.593. The lowest BCUT2D eigenvalue weighted by atomic mass is 10.0. The van der Waals surface area contributed by atoms with E-state index in [1.165, 1.54) is 6.92 Å². The Kier molecular flexibility index (Phi) is 4.43. The predicted octanol–water partition coefficient (Wildman–Crippen LogP) is 2.91. The average Bonchev–Trinajstić information content (AvgIpc) is 2.46. The zero-order valence-electron chi connectivity index (χ0n) is 11.6. The van der Waals surface area contributed by atoms with Crippen LogP contribution in [0.1, 0.15) is 17.7 Å². The van der Waals surface area contributed by atoms with Crippen LogP contribution in [0.15, 0.2) is 54.6 Å². The Morgan fingerprint density at radius 2 is 1.52 bits per heavy atom. The normalized spacial score (nSPS) is 12.8. The molecule has 2 aromatic rings. The molecule has 0 amide bonds. The van der Waals surface area contributed by atoms with E-state index in [0.29, 0.717) is 5.56 Å². The molecule has 0 spiro atoms. The zero-order chi connectivity index (χ0) is 15.5. The van der Waals surface area contributed by atoms with Gasteiger partial charge in [0.05, 0.1) is 5.25 Å². The first-order chi connectivity index (χ1) is 9.90. The van der Waals surface area contributed by atoms with Gasteiger partial charge in [0.1, 0.15) is 5.75 Å². The van der Waals surface area contributed by atoms with Crippen LogP contribution in [0, 0.1) is 0 Å². The summed E-state index contributed by atoms with van der Waals surface area (Å²) in [5.41, 5.74) is 2.63. The summed E-state index contributed by atoms with van der Waals surface area (Å²) in [6.45, 7) is 1.51. The molecule has 0 aliphatic rings. The van der Waals surface area contributed by atoms with E-state index in [2.05, 4.69) is 0 Å². The molecule has 2 rings (SSSR count). The summed E-state index contributed by atoms with van der Waals surface area (Å²) in [7, 11) is -3.69. The van der Waals surface area contributed by atoms with Crippen LogP contribution >= 0.6 is 0 Å². The molecule has 4 nitrogen and oxygen atoms in total. The smallest absolute Gasteiger partial charge is 0.318 e. The van der Waals surface area contributed by atoms with Gasteiger partial charge in [0.25, 0.3) is 0 Å². The number of hydrogen-bond donors (Lipinski definition) is 1. The number of hydrogen-bond acceptors (Lipinski definition) is 3. The topological polar surface area (TPSA) is 71.4 Å². The molecule has 21 heavy (non-hydrogen) atoms. The van der Waals surface area contributed by atoms with E-state index >= 15 is 0 Å². The summed E-state index contributed by atoms with van der Waals surface area (Å²) >= 11 is 0. The highest BCUT2D eigenvalue weighted by Gasteiger charge is 2.25. The van der Waals surface area contributed by atoms with Crippen molar-refractivity contribution in [2.75, 3.05) is 5.75 Å². The van der Waals surface area contributed by atoms with Crippen molar-refractivity contribution >= 4 is 15.8 Å². The Balaban J connectivity index is 2.25. The fourth-order valence-electron chi connectivity index (χ4n) is 2.08. The number of benzene rings is 2. The second kappa shape index (κ2) is 6.10. The van der Waals surface area contributed by atoms with Crippen molar-refractivity contribution in [1.29, 1.82) is 0 Å². The number of rotatable bonds is 5. The molecule has 0 aliphatic heterocycles. The first kappa shape index (κ1) is 15.3. The molecule has 0 fully saturated rings. The average molecular weight is 304 g/mol. The van der Waals surface area contributed by atoms with Crippen LogP contribution in [-0.4, -0.2) is 25.2 Å². The van der Waals surface area contributed by atoms with Crippen molar-refractivity contribution in [3.63, 3.8) is 0 Å². The summed E-state index contributed by atoms with van der Waals surface area (Å²) in [5, 5.41) is 7.82. The maximum Gasteiger partial charge on any atom is 0.318 e. The molecule has 1 atom stereocenters. The SMILES string of the molecule is CC(c1ccc(-c2ccccc2)cc1)S(=O)(=O)CC(=O)O. The van der Waals surface area contributed by atoms with Crippen LogP contribution in [0.3, 0.4) is 0 Å². The van der Waals surface area contributed by atoms with Gasteiger partial charge in [-0.05, 0) is 23.6 Å². The summed E-state index contributed by atoms with van der Waals surface area (Å²) in [4.78, 5) is 10.6. The fourth-order valence-corrected chi connectivity index (χ4v) is 3.25. The monoisotopic (exact) mass is 304 g/mol. The predicted molar refractivity (Wildman–Crippen MR) is 81.7 cm³/mol. The summed E-state index contributed by atoms with van der Waals surface area (Å²) in [6, 6.07) is 16.9. The molecule has 1 N–H and O–H groups in total. The van der Waals surface area contributed by atoms with E-state index in [-0.39, 0.29) is 0 Å². The Morgan fingerprint density at radius 1 is 1.00 bits per heavy atom. The van der Waals surface area contributed by atoms with E-state index in [4.69, 9.17) is 5.11 Å². The zero-order valence-corrected chi connectivity index (χ0v) is 12.4. The quantitative estimate of drug-likeness (QED) is 0.922. The Bertz CT molecular complexity index is 719. The van der Waals surface area contributed by atoms with Crippen LogP contribution in [0.5, 0.6) is 0 Å². The van der Waals surface area contributed by atoms with Gasteiger partial charge in [0.2, 0.25) is 0 Å². The minimum Gasteiger partial charge on any atom is -0.480 e. The van der Waals surface area contributed by atoms with Gasteiger partial charge in [-0.2, -0.15) is 0 Å². The van der Waals surface area contributed by atoms with Crippen LogP contribution < -0.4 is 0 Å². The van der Waals surface area contributed by atoms with E-state index < -0.39 is 26.8 Å². The highest BCUT2D eigenvalue weighted by Crippen LogP contribution is 2.26. The molecule has 2 aromatic carbocycles. The second-order valence-corrected chi connectivity index (χ2v) is 7.15. The first-order valence-corrected chi connectivity index (χ1v) is 8.20. The molecule has 0 saturated heterocycles. The maximum atomic E-state index is 11.9. The molecule has 0 aliphatic carbocycles. The lowest BCUT2D eigenvalue weighted by Gasteiger charge is -2.12.